The molecule has 0 saturated carbocycles. The monoisotopic (exact) mass is 355 g/mol. The van der Waals surface area contributed by atoms with E-state index in [9.17, 15) is 9.18 Å². The molecule has 4 nitrogen and oxygen atoms in total. The van der Waals surface area contributed by atoms with E-state index >= 15 is 0 Å². The van der Waals surface area contributed by atoms with Crippen molar-refractivity contribution in [3.8, 4) is 0 Å². The van der Waals surface area contributed by atoms with Crippen molar-refractivity contribution in [1.29, 1.82) is 0 Å². The summed E-state index contributed by atoms with van der Waals surface area (Å²) >= 11 is 0. The minimum atomic E-state index is -0.801. The van der Waals surface area contributed by atoms with Crippen molar-refractivity contribution < 1.29 is 18.5 Å². The van der Waals surface area contributed by atoms with Gasteiger partial charge in [-0.1, -0.05) is 36.4 Å². The molecule has 1 heterocycles. The molecule has 1 N–H and O–H groups in total. The Balaban J connectivity index is 1.94. The predicted octanol–water partition coefficient (Wildman–Crippen LogP) is 3.93. The SMILES string of the molecule is CC1(C)OB([C@@H](NC(=O)c2ccccc2)c2ccccc2F)OC1(C)C. The largest absolute Gasteiger partial charge is 0.486 e. The molecule has 0 bridgehead atoms. The Morgan fingerprint density at radius 1 is 0.962 bits per heavy atom. The lowest BCUT2D eigenvalue weighted by molar-refractivity contribution is 0.00578. The van der Waals surface area contributed by atoms with E-state index in [1.165, 1.54) is 6.07 Å². The highest BCUT2D eigenvalue weighted by Crippen LogP contribution is 2.40. The molecule has 0 aliphatic carbocycles. The number of hydrogen-bond acceptors (Lipinski definition) is 3. The van der Waals surface area contributed by atoms with Crippen LogP contribution in [0.3, 0.4) is 0 Å². The molecule has 3 rings (SSSR count). The van der Waals surface area contributed by atoms with Crippen molar-refractivity contribution in [2.24, 2.45) is 0 Å². The van der Waals surface area contributed by atoms with E-state index in [1.807, 2.05) is 33.8 Å². The van der Waals surface area contributed by atoms with Crippen LogP contribution < -0.4 is 5.32 Å². The molecule has 0 aromatic heterocycles. The summed E-state index contributed by atoms with van der Waals surface area (Å²) in [4.78, 5) is 12.7. The number of nitrogens with one attached hydrogen (secondary N) is 1. The summed E-state index contributed by atoms with van der Waals surface area (Å²) in [5.41, 5.74) is -0.349. The standard InChI is InChI=1S/C20H23BFNO3/c1-19(2)20(3,4)26-21(25-19)17(15-12-8-9-13-16(15)22)23-18(24)14-10-6-5-7-11-14/h5-13,17H,1-4H3,(H,23,24)/t17-/m0/s1. The van der Waals surface area contributed by atoms with Gasteiger partial charge in [-0.15, -0.1) is 0 Å². The Bertz CT molecular complexity index is 779. The van der Waals surface area contributed by atoms with E-state index in [1.54, 1.807) is 42.5 Å². The average Bonchev–Trinajstić information content (AvgIpc) is 2.81. The van der Waals surface area contributed by atoms with Gasteiger partial charge in [-0.3, -0.25) is 4.79 Å². The Labute approximate surface area is 153 Å². The van der Waals surface area contributed by atoms with Crippen LogP contribution in [0.5, 0.6) is 0 Å². The second-order valence-electron chi connectivity index (χ2n) is 7.46. The number of carbonyl (C=O) groups is 1. The molecular formula is C20H23BFNO3. The van der Waals surface area contributed by atoms with E-state index in [-0.39, 0.29) is 5.91 Å². The van der Waals surface area contributed by atoms with Gasteiger partial charge in [0.1, 0.15) is 5.82 Å². The first-order valence-electron chi connectivity index (χ1n) is 8.67. The van der Waals surface area contributed by atoms with E-state index < -0.39 is 30.1 Å². The van der Waals surface area contributed by atoms with E-state index in [0.29, 0.717) is 11.1 Å². The van der Waals surface area contributed by atoms with Gasteiger partial charge in [-0.05, 0) is 45.9 Å². The van der Waals surface area contributed by atoms with E-state index in [4.69, 9.17) is 9.31 Å². The van der Waals surface area contributed by atoms with Crippen LogP contribution in [0.15, 0.2) is 54.6 Å². The van der Waals surface area contributed by atoms with Gasteiger partial charge in [-0.2, -0.15) is 0 Å². The normalized spacial score (nSPS) is 19.2. The molecule has 6 heteroatoms. The lowest BCUT2D eigenvalue weighted by atomic mass is 9.73. The van der Waals surface area contributed by atoms with Crippen LogP contribution in [0, 0.1) is 5.82 Å². The number of halogens is 1. The second-order valence-corrected chi connectivity index (χ2v) is 7.46. The summed E-state index contributed by atoms with van der Waals surface area (Å²) < 4.78 is 26.6. The third-order valence-electron chi connectivity index (χ3n) is 5.11. The molecule has 1 amide bonds. The highest BCUT2D eigenvalue weighted by atomic mass is 19.1. The van der Waals surface area contributed by atoms with Crippen molar-refractivity contribution in [2.45, 2.75) is 44.8 Å². The first kappa shape index (κ1) is 18.6. The third kappa shape index (κ3) is 3.52. The Morgan fingerprint density at radius 3 is 2.08 bits per heavy atom. The molecule has 1 saturated heterocycles. The van der Waals surface area contributed by atoms with Crippen LogP contribution in [0.25, 0.3) is 0 Å². The van der Waals surface area contributed by atoms with Gasteiger partial charge in [-0.25, -0.2) is 4.39 Å². The van der Waals surface area contributed by atoms with Gasteiger partial charge in [0.15, 0.2) is 0 Å². The van der Waals surface area contributed by atoms with Crippen LogP contribution in [0.4, 0.5) is 4.39 Å². The summed E-state index contributed by atoms with van der Waals surface area (Å²) in [6.45, 7) is 7.68. The minimum absolute atomic E-state index is 0.312. The summed E-state index contributed by atoms with van der Waals surface area (Å²) in [7, 11) is -0.801. The number of rotatable bonds is 4. The second kappa shape index (κ2) is 6.85. The van der Waals surface area contributed by atoms with E-state index in [0.717, 1.165) is 0 Å². The number of hydrogen-bond donors (Lipinski definition) is 1. The van der Waals surface area contributed by atoms with Gasteiger partial charge >= 0.3 is 7.12 Å². The quantitative estimate of drug-likeness (QED) is 0.846. The number of carbonyl (C=O) groups excluding carboxylic acids is 1. The van der Waals surface area contributed by atoms with Gasteiger partial charge in [0.2, 0.25) is 0 Å². The maximum Gasteiger partial charge on any atom is 0.486 e. The zero-order chi connectivity index (χ0) is 18.9. The van der Waals surface area contributed by atoms with Crippen LogP contribution in [-0.4, -0.2) is 24.2 Å². The number of amides is 1. The van der Waals surface area contributed by atoms with Gasteiger partial charge in [0, 0.05) is 11.1 Å². The zero-order valence-corrected chi connectivity index (χ0v) is 15.5. The number of benzene rings is 2. The van der Waals surface area contributed by atoms with Crippen molar-refractivity contribution in [2.75, 3.05) is 0 Å². The highest BCUT2D eigenvalue weighted by Gasteiger charge is 2.54. The Hall–Kier alpha value is -2.18. The van der Waals surface area contributed by atoms with Crippen molar-refractivity contribution in [3.05, 3.63) is 71.5 Å². The van der Waals surface area contributed by atoms with Crippen molar-refractivity contribution in [1.82, 2.24) is 5.32 Å². The lowest BCUT2D eigenvalue weighted by Gasteiger charge is -2.32. The molecule has 0 spiro atoms. The van der Waals surface area contributed by atoms with Crippen LogP contribution >= 0.6 is 0 Å². The molecule has 1 fully saturated rings. The molecular weight excluding hydrogens is 332 g/mol. The fourth-order valence-corrected chi connectivity index (χ4v) is 2.86. The molecule has 0 radical (unpaired) electrons. The summed E-state index contributed by atoms with van der Waals surface area (Å²) in [5, 5.41) is 2.88. The first-order valence-corrected chi connectivity index (χ1v) is 8.67. The van der Waals surface area contributed by atoms with Crippen LogP contribution in [0.1, 0.15) is 49.6 Å². The summed E-state index contributed by atoms with van der Waals surface area (Å²) in [6.07, 6.45) is 0. The maximum atomic E-state index is 14.5. The van der Waals surface area contributed by atoms with E-state index in [2.05, 4.69) is 5.32 Å². The highest BCUT2D eigenvalue weighted by molar-refractivity contribution is 6.48. The molecule has 26 heavy (non-hydrogen) atoms. The lowest BCUT2D eigenvalue weighted by Crippen LogP contribution is -2.41. The molecule has 1 aliphatic rings. The van der Waals surface area contributed by atoms with Crippen molar-refractivity contribution >= 4 is 13.0 Å². The molecule has 2 aromatic carbocycles. The molecule has 1 atom stereocenters. The Morgan fingerprint density at radius 2 is 1.50 bits per heavy atom. The van der Waals surface area contributed by atoms with Gasteiger partial charge in [0.25, 0.3) is 5.91 Å². The average molecular weight is 355 g/mol. The van der Waals surface area contributed by atoms with Crippen LogP contribution in [0.2, 0.25) is 0 Å². The van der Waals surface area contributed by atoms with Crippen molar-refractivity contribution in [3.63, 3.8) is 0 Å². The molecule has 136 valence electrons. The molecule has 0 unspecified atom stereocenters. The van der Waals surface area contributed by atoms with Crippen LogP contribution in [-0.2, 0) is 9.31 Å². The zero-order valence-electron chi connectivity index (χ0n) is 15.5. The summed E-state index contributed by atoms with van der Waals surface area (Å²) in [5.74, 6) is -1.50. The summed E-state index contributed by atoms with van der Waals surface area (Å²) in [6, 6.07) is 15.1. The first-order chi connectivity index (χ1) is 12.2. The van der Waals surface area contributed by atoms with Gasteiger partial charge in [0.05, 0.1) is 17.1 Å². The fourth-order valence-electron chi connectivity index (χ4n) is 2.86. The minimum Gasteiger partial charge on any atom is -0.402 e. The Kier molecular flexibility index (Phi) is 4.91. The smallest absolute Gasteiger partial charge is 0.402 e. The predicted molar refractivity (Wildman–Crippen MR) is 99.1 cm³/mol. The molecule has 2 aromatic rings. The topological polar surface area (TPSA) is 47.6 Å². The van der Waals surface area contributed by atoms with Gasteiger partial charge < -0.3 is 14.6 Å². The molecule has 1 aliphatic heterocycles. The maximum absolute atomic E-state index is 14.5. The fraction of sp³-hybridized carbons (Fsp3) is 0.350. The third-order valence-corrected chi connectivity index (χ3v) is 5.11.